The highest BCUT2D eigenvalue weighted by Gasteiger charge is 2.23. The molecule has 1 aromatic carbocycles. The van der Waals surface area contributed by atoms with Gasteiger partial charge in [0, 0.05) is 20.3 Å². The van der Waals surface area contributed by atoms with E-state index in [1.807, 2.05) is 0 Å². The van der Waals surface area contributed by atoms with E-state index < -0.39 is 17.2 Å². The van der Waals surface area contributed by atoms with E-state index in [0.717, 1.165) is 18.2 Å². The molecule has 0 amide bonds. The van der Waals surface area contributed by atoms with Gasteiger partial charge in [-0.2, -0.15) is 0 Å². The van der Waals surface area contributed by atoms with Gasteiger partial charge >= 0.3 is 5.97 Å². The van der Waals surface area contributed by atoms with Gasteiger partial charge in [0.15, 0.2) is 6.29 Å². The Labute approximate surface area is 96.7 Å². The van der Waals surface area contributed by atoms with Crippen LogP contribution in [0.1, 0.15) is 22.2 Å². The Balaban J connectivity index is 3.34. The second-order valence-electron chi connectivity index (χ2n) is 3.14. The highest BCUT2D eigenvalue weighted by molar-refractivity contribution is 5.88. The van der Waals surface area contributed by atoms with E-state index in [2.05, 4.69) is 0 Å². The highest BCUT2D eigenvalue weighted by atomic mass is 16.7. The average Bonchev–Trinajstić information content (AvgIpc) is 2.30. The van der Waals surface area contributed by atoms with Gasteiger partial charge in [-0.25, -0.2) is 4.79 Å². The van der Waals surface area contributed by atoms with Crippen LogP contribution in [-0.4, -0.2) is 30.2 Å². The van der Waals surface area contributed by atoms with E-state index in [4.69, 9.17) is 14.6 Å². The van der Waals surface area contributed by atoms with Crippen LogP contribution in [0.15, 0.2) is 18.2 Å². The van der Waals surface area contributed by atoms with Crippen LogP contribution in [0, 0.1) is 10.1 Å². The van der Waals surface area contributed by atoms with E-state index in [-0.39, 0.29) is 16.8 Å². The molecule has 0 heterocycles. The zero-order valence-electron chi connectivity index (χ0n) is 9.25. The summed E-state index contributed by atoms with van der Waals surface area (Å²) in [5.74, 6) is -1.17. The first-order chi connectivity index (χ1) is 8.01. The molecule has 7 nitrogen and oxygen atoms in total. The number of nitrogens with zero attached hydrogens (tertiary/aromatic N) is 1. The minimum Gasteiger partial charge on any atom is -0.478 e. The lowest BCUT2D eigenvalue weighted by atomic mass is 10.1. The summed E-state index contributed by atoms with van der Waals surface area (Å²) in [7, 11) is 2.62. The molecule has 0 unspecified atom stereocenters. The number of nitro benzene ring substituents is 1. The minimum atomic E-state index is -1.17. The highest BCUT2D eigenvalue weighted by Crippen LogP contribution is 2.28. The molecular weight excluding hydrogens is 230 g/mol. The second-order valence-corrected chi connectivity index (χ2v) is 3.14. The molecule has 0 aliphatic carbocycles. The maximum absolute atomic E-state index is 10.8. The topological polar surface area (TPSA) is 98.9 Å². The fourth-order valence-electron chi connectivity index (χ4n) is 1.39. The van der Waals surface area contributed by atoms with Crippen molar-refractivity contribution in [3.63, 3.8) is 0 Å². The summed E-state index contributed by atoms with van der Waals surface area (Å²) in [5, 5.41) is 19.6. The van der Waals surface area contributed by atoms with Gasteiger partial charge < -0.3 is 14.6 Å². The van der Waals surface area contributed by atoms with E-state index in [1.54, 1.807) is 0 Å². The average molecular weight is 241 g/mol. The monoisotopic (exact) mass is 241 g/mol. The van der Waals surface area contributed by atoms with Crippen LogP contribution in [0.2, 0.25) is 0 Å². The maximum Gasteiger partial charge on any atom is 0.335 e. The Bertz CT molecular complexity index is 440. The Morgan fingerprint density at radius 3 is 2.41 bits per heavy atom. The normalized spacial score (nSPS) is 10.5. The first-order valence-electron chi connectivity index (χ1n) is 4.58. The van der Waals surface area contributed by atoms with Gasteiger partial charge in [-0.05, 0) is 12.1 Å². The molecule has 0 saturated carbocycles. The maximum atomic E-state index is 10.8. The molecule has 0 fully saturated rings. The fraction of sp³-hybridized carbons (Fsp3) is 0.300. The quantitative estimate of drug-likeness (QED) is 0.477. The van der Waals surface area contributed by atoms with Gasteiger partial charge in [-0.1, -0.05) is 0 Å². The van der Waals surface area contributed by atoms with Crippen LogP contribution in [0.25, 0.3) is 0 Å². The van der Waals surface area contributed by atoms with Crippen molar-refractivity contribution >= 4 is 11.7 Å². The van der Waals surface area contributed by atoms with E-state index in [0.29, 0.717) is 0 Å². The predicted molar refractivity (Wildman–Crippen MR) is 56.8 cm³/mol. The van der Waals surface area contributed by atoms with Gasteiger partial charge in [0.25, 0.3) is 5.69 Å². The van der Waals surface area contributed by atoms with Crippen LogP contribution < -0.4 is 0 Å². The Morgan fingerprint density at radius 2 is 2.00 bits per heavy atom. The summed E-state index contributed by atoms with van der Waals surface area (Å²) in [6, 6.07) is 3.44. The van der Waals surface area contributed by atoms with E-state index >= 15 is 0 Å². The van der Waals surface area contributed by atoms with Crippen LogP contribution in [0.5, 0.6) is 0 Å². The third-order valence-electron chi connectivity index (χ3n) is 2.15. The number of rotatable bonds is 5. The molecule has 7 heteroatoms. The van der Waals surface area contributed by atoms with Crippen molar-refractivity contribution in [2.45, 2.75) is 6.29 Å². The molecule has 17 heavy (non-hydrogen) atoms. The molecule has 0 bridgehead atoms. The van der Waals surface area contributed by atoms with Crippen molar-refractivity contribution in [3.05, 3.63) is 39.4 Å². The van der Waals surface area contributed by atoms with Crippen LogP contribution in [0.3, 0.4) is 0 Å². The molecule has 1 aromatic rings. The molecule has 0 aliphatic heterocycles. The number of hydrogen-bond acceptors (Lipinski definition) is 5. The third-order valence-corrected chi connectivity index (χ3v) is 2.15. The number of ether oxygens (including phenoxy) is 2. The van der Waals surface area contributed by atoms with Crippen molar-refractivity contribution in [2.75, 3.05) is 14.2 Å². The third kappa shape index (κ3) is 2.77. The molecule has 0 saturated heterocycles. The summed E-state index contributed by atoms with van der Waals surface area (Å²) in [4.78, 5) is 20.9. The van der Waals surface area contributed by atoms with Crippen molar-refractivity contribution in [1.29, 1.82) is 0 Å². The molecule has 1 rings (SSSR count). The first kappa shape index (κ1) is 13.1. The van der Waals surface area contributed by atoms with Crippen molar-refractivity contribution in [1.82, 2.24) is 0 Å². The first-order valence-corrected chi connectivity index (χ1v) is 4.58. The summed E-state index contributed by atoms with van der Waals surface area (Å²) in [5.41, 5.74) is -0.242. The number of aromatic carboxylic acids is 1. The Hall–Kier alpha value is -1.99. The Morgan fingerprint density at radius 1 is 1.41 bits per heavy atom. The molecule has 0 atom stereocenters. The molecule has 0 radical (unpaired) electrons. The summed E-state index contributed by atoms with van der Waals surface area (Å²) in [6.45, 7) is 0. The van der Waals surface area contributed by atoms with Gasteiger partial charge in [0.05, 0.1) is 16.1 Å². The lowest BCUT2D eigenvalue weighted by molar-refractivity contribution is -0.387. The number of nitro groups is 1. The Kier molecular flexibility index (Phi) is 4.13. The summed E-state index contributed by atoms with van der Waals surface area (Å²) >= 11 is 0. The molecule has 92 valence electrons. The van der Waals surface area contributed by atoms with Crippen molar-refractivity contribution in [3.8, 4) is 0 Å². The van der Waals surface area contributed by atoms with E-state index in [1.165, 1.54) is 14.2 Å². The molecule has 1 N–H and O–H groups in total. The second kappa shape index (κ2) is 5.37. The van der Waals surface area contributed by atoms with Gasteiger partial charge in [-0.3, -0.25) is 10.1 Å². The smallest absolute Gasteiger partial charge is 0.335 e. The number of carbonyl (C=O) groups is 1. The predicted octanol–water partition coefficient (Wildman–Crippen LogP) is 1.58. The van der Waals surface area contributed by atoms with Crippen LogP contribution >= 0.6 is 0 Å². The van der Waals surface area contributed by atoms with Crippen LogP contribution in [0.4, 0.5) is 5.69 Å². The molecule has 0 aromatic heterocycles. The van der Waals surface area contributed by atoms with Crippen LogP contribution in [-0.2, 0) is 9.47 Å². The van der Waals surface area contributed by atoms with Gasteiger partial charge in [-0.15, -0.1) is 0 Å². The molecule has 0 spiro atoms. The standard InChI is InChI=1S/C10H11NO6/c1-16-10(17-2)7-5-6(9(12)13)3-4-8(7)11(14)15/h3-5,10H,1-2H3,(H,12,13). The molecule has 0 aliphatic rings. The number of benzene rings is 1. The van der Waals surface area contributed by atoms with Crippen molar-refractivity contribution in [2.24, 2.45) is 0 Å². The lowest BCUT2D eigenvalue weighted by Crippen LogP contribution is -2.09. The SMILES string of the molecule is COC(OC)c1cc(C(=O)O)ccc1[N+](=O)[O-]. The van der Waals surface area contributed by atoms with Crippen molar-refractivity contribution < 1.29 is 24.3 Å². The number of methoxy groups -OCH3 is 2. The number of carboxylic acids is 1. The van der Waals surface area contributed by atoms with Gasteiger partial charge in [0.2, 0.25) is 0 Å². The zero-order valence-corrected chi connectivity index (χ0v) is 9.25. The number of hydrogen-bond donors (Lipinski definition) is 1. The zero-order chi connectivity index (χ0) is 13.0. The van der Waals surface area contributed by atoms with Gasteiger partial charge in [0.1, 0.15) is 0 Å². The fourth-order valence-corrected chi connectivity index (χ4v) is 1.39. The lowest BCUT2D eigenvalue weighted by Gasteiger charge is -2.14. The summed E-state index contributed by atoms with van der Waals surface area (Å²) in [6.07, 6.45) is -0.977. The summed E-state index contributed by atoms with van der Waals surface area (Å²) < 4.78 is 9.78. The molecular formula is C10H11NO6. The number of carboxylic acid groups (broad SMARTS) is 1. The minimum absolute atomic E-state index is 0.0651. The largest absolute Gasteiger partial charge is 0.478 e. The van der Waals surface area contributed by atoms with E-state index in [9.17, 15) is 14.9 Å².